The van der Waals surface area contributed by atoms with Crippen molar-refractivity contribution in [1.82, 2.24) is 0 Å². The highest BCUT2D eigenvalue weighted by atomic mass is 16.5. The van der Waals surface area contributed by atoms with Crippen molar-refractivity contribution in [3.8, 4) is 11.5 Å². The van der Waals surface area contributed by atoms with Gasteiger partial charge in [-0.1, -0.05) is 0 Å². The topological polar surface area (TPSA) is 85.3 Å². The molecule has 0 aromatic heterocycles. The Morgan fingerprint density at radius 3 is 2.43 bits per heavy atom. The monoisotopic (exact) mass is 297 g/mol. The molecule has 1 N–H and O–H groups in total. The van der Waals surface area contributed by atoms with Crippen molar-refractivity contribution in [2.24, 2.45) is 0 Å². The van der Waals surface area contributed by atoms with E-state index in [0.29, 0.717) is 17.2 Å². The van der Waals surface area contributed by atoms with Crippen LogP contribution in [0.15, 0.2) is 18.2 Å². The average Bonchev–Trinajstić information content (AvgIpc) is 2.47. The number of carboxylic acids is 1. The summed E-state index contributed by atoms with van der Waals surface area (Å²) in [5.41, 5.74) is 0.445. The lowest BCUT2D eigenvalue weighted by Crippen LogP contribution is -2.35. The highest BCUT2D eigenvalue weighted by Crippen LogP contribution is 2.32. The molecule has 7 heteroatoms. The van der Waals surface area contributed by atoms with Gasteiger partial charge in [-0.15, -0.1) is 0 Å². The number of hydrogen-bond donors (Lipinski definition) is 1. The van der Waals surface area contributed by atoms with Crippen molar-refractivity contribution >= 4 is 17.6 Å². The van der Waals surface area contributed by atoms with E-state index in [-0.39, 0.29) is 25.5 Å². The number of hydrogen-bond acceptors (Lipinski definition) is 5. The van der Waals surface area contributed by atoms with Crippen LogP contribution in [-0.2, 0) is 14.3 Å². The van der Waals surface area contributed by atoms with E-state index < -0.39 is 5.97 Å². The Hall–Kier alpha value is -2.28. The van der Waals surface area contributed by atoms with E-state index in [0.717, 1.165) is 0 Å². The Balaban J connectivity index is 3.16. The molecule has 116 valence electrons. The summed E-state index contributed by atoms with van der Waals surface area (Å²) in [7, 11) is 4.38. The lowest BCUT2D eigenvalue weighted by atomic mass is 10.2. The summed E-state index contributed by atoms with van der Waals surface area (Å²) < 4.78 is 15.2. The van der Waals surface area contributed by atoms with Gasteiger partial charge in [-0.25, -0.2) is 0 Å². The summed E-state index contributed by atoms with van der Waals surface area (Å²) >= 11 is 0. The van der Waals surface area contributed by atoms with Gasteiger partial charge in [0.05, 0.1) is 26.3 Å². The van der Waals surface area contributed by atoms with Gasteiger partial charge in [0.15, 0.2) is 0 Å². The van der Waals surface area contributed by atoms with Gasteiger partial charge in [-0.2, -0.15) is 0 Å². The van der Waals surface area contributed by atoms with E-state index in [9.17, 15) is 9.59 Å². The highest BCUT2D eigenvalue weighted by molar-refractivity contribution is 5.96. The zero-order valence-electron chi connectivity index (χ0n) is 12.3. The maximum absolute atomic E-state index is 12.1. The van der Waals surface area contributed by atoms with Crippen molar-refractivity contribution in [2.45, 2.75) is 6.42 Å². The number of carbonyl (C=O) groups is 2. The molecule has 0 saturated carbocycles. The summed E-state index contributed by atoms with van der Waals surface area (Å²) in [6, 6.07) is 4.97. The molecule has 0 unspecified atom stereocenters. The van der Waals surface area contributed by atoms with E-state index in [1.807, 2.05) is 0 Å². The third-order valence-electron chi connectivity index (χ3n) is 2.79. The van der Waals surface area contributed by atoms with E-state index in [2.05, 4.69) is 0 Å². The molecule has 1 rings (SSSR count). The predicted octanol–water partition coefficient (Wildman–Crippen LogP) is 1.16. The molecular formula is C14H19NO6. The highest BCUT2D eigenvalue weighted by Gasteiger charge is 2.21. The first-order valence-corrected chi connectivity index (χ1v) is 6.26. The summed E-state index contributed by atoms with van der Waals surface area (Å²) in [5, 5.41) is 8.82. The average molecular weight is 297 g/mol. The molecule has 0 fully saturated rings. The van der Waals surface area contributed by atoms with Gasteiger partial charge in [-0.3, -0.25) is 9.59 Å². The zero-order valence-corrected chi connectivity index (χ0v) is 12.3. The van der Waals surface area contributed by atoms with Gasteiger partial charge in [0.25, 0.3) is 5.91 Å². The number of anilines is 1. The standard InChI is InChI=1S/C14H19NO6/c1-19-9-13(16)15(7-6-14(17)18)11-8-10(20-2)4-5-12(11)21-3/h4-5,8H,6-7,9H2,1-3H3,(H,17,18). The van der Waals surface area contributed by atoms with Crippen LogP contribution in [0.5, 0.6) is 11.5 Å². The SMILES string of the molecule is COCC(=O)N(CCC(=O)O)c1cc(OC)ccc1OC. The third-order valence-corrected chi connectivity index (χ3v) is 2.79. The van der Waals surface area contributed by atoms with Crippen LogP contribution in [0.1, 0.15) is 6.42 Å². The van der Waals surface area contributed by atoms with E-state index >= 15 is 0 Å². The molecular weight excluding hydrogens is 278 g/mol. The molecule has 0 aliphatic carbocycles. The molecule has 0 atom stereocenters. The number of aliphatic carboxylic acids is 1. The van der Waals surface area contributed by atoms with Crippen LogP contribution in [0.2, 0.25) is 0 Å². The van der Waals surface area contributed by atoms with Crippen LogP contribution >= 0.6 is 0 Å². The second-order valence-corrected chi connectivity index (χ2v) is 4.16. The molecule has 7 nitrogen and oxygen atoms in total. The largest absolute Gasteiger partial charge is 0.497 e. The Bertz CT molecular complexity index is 502. The lowest BCUT2D eigenvalue weighted by molar-refractivity contribution is -0.136. The summed E-state index contributed by atoms with van der Waals surface area (Å²) in [4.78, 5) is 24.2. The van der Waals surface area contributed by atoms with Crippen molar-refractivity contribution in [1.29, 1.82) is 0 Å². The van der Waals surface area contributed by atoms with Crippen LogP contribution in [-0.4, -0.2) is 51.5 Å². The quantitative estimate of drug-likeness (QED) is 0.775. The number of methoxy groups -OCH3 is 3. The number of amides is 1. The normalized spacial score (nSPS) is 10.0. The number of carbonyl (C=O) groups excluding carboxylic acids is 1. The van der Waals surface area contributed by atoms with Crippen molar-refractivity contribution in [2.75, 3.05) is 39.4 Å². The molecule has 0 bridgehead atoms. The number of carboxylic acid groups (broad SMARTS) is 1. The lowest BCUT2D eigenvalue weighted by Gasteiger charge is -2.24. The fourth-order valence-corrected chi connectivity index (χ4v) is 1.80. The first-order chi connectivity index (χ1) is 10.0. The number of benzene rings is 1. The molecule has 1 aromatic carbocycles. The van der Waals surface area contributed by atoms with Crippen LogP contribution in [0.25, 0.3) is 0 Å². The summed E-state index contributed by atoms with van der Waals surface area (Å²) in [5.74, 6) is -0.362. The molecule has 0 aliphatic heterocycles. The van der Waals surface area contributed by atoms with Gasteiger partial charge < -0.3 is 24.2 Å². The molecule has 21 heavy (non-hydrogen) atoms. The first-order valence-electron chi connectivity index (χ1n) is 6.26. The van der Waals surface area contributed by atoms with Gasteiger partial charge in [0.1, 0.15) is 18.1 Å². The maximum Gasteiger partial charge on any atom is 0.305 e. The fourth-order valence-electron chi connectivity index (χ4n) is 1.80. The molecule has 0 radical (unpaired) electrons. The second-order valence-electron chi connectivity index (χ2n) is 4.16. The van der Waals surface area contributed by atoms with Crippen molar-refractivity contribution in [3.63, 3.8) is 0 Å². The molecule has 1 aromatic rings. The van der Waals surface area contributed by atoms with Crippen LogP contribution in [0, 0.1) is 0 Å². The van der Waals surface area contributed by atoms with Gasteiger partial charge >= 0.3 is 5.97 Å². The number of nitrogens with zero attached hydrogens (tertiary/aromatic N) is 1. The van der Waals surface area contributed by atoms with E-state index in [1.165, 1.54) is 26.2 Å². The Morgan fingerprint density at radius 2 is 1.90 bits per heavy atom. The zero-order chi connectivity index (χ0) is 15.8. The molecule has 1 amide bonds. The fraction of sp³-hybridized carbons (Fsp3) is 0.429. The number of rotatable bonds is 8. The molecule has 0 heterocycles. The van der Waals surface area contributed by atoms with Crippen LogP contribution in [0.4, 0.5) is 5.69 Å². The third kappa shape index (κ3) is 4.64. The Morgan fingerprint density at radius 1 is 1.19 bits per heavy atom. The molecule has 0 spiro atoms. The Kier molecular flexibility index (Phi) is 6.48. The molecule has 0 aliphatic rings. The number of ether oxygens (including phenoxy) is 3. The minimum absolute atomic E-state index is 0.0149. The summed E-state index contributed by atoms with van der Waals surface area (Å²) in [6.45, 7) is -0.138. The van der Waals surface area contributed by atoms with Gasteiger partial charge in [0.2, 0.25) is 0 Å². The van der Waals surface area contributed by atoms with Crippen molar-refractivity contribution in [3.05, 3.63) is 18.2 Å². The predicted molar refractivity (Wildman–Crippen MR) is 76.0 cm³/mol. The van der Waals surface area contributed by atoms with E-state index in [1.54, 1.807) is 18.2 Å². The van der Waals surface area contributed by atoms with Gasteiger partial charge in [0, 0.05) is 19.7 Å². The van der Waals surface area contributed by atoms with Crippen LogP contribution in [0.3, 0.4) is 0 Å². The second kappa shape index (κ2) is 8.11. The van der Waals surface area contributed by atoms with Crippen molar-refractivity contribution < 1.29 is 28.9 Å². The molecule has 0 saturated heterocycles. The maximum atomic E-state index is 12.1. The Labute approximate surface area is 123 Å². The smallest absolute Gasteiger partial charge is 0.305 e. The van der Waals surface area contributed by atoms with Gasteiger partial charge in [-0.05, 0) is 12.1 Å². The minimum atomic E-state index is -0.993. The first kappa shape index (κ1) is 16.8. The minimum Gasteiger partial charge on any atom is -0.497 e. The van der Waals surface area contributed by atoms with Crippen LogP contribution < -0.4 is 14.4 Å². The summed E-state index contributed by atoms with van der Waals surface area (Å²) in [6.07, 6.45) is -0.185. The van der Waals surface area contributed by atoms with E-state index in [4.69, 9.17) is 19.3 Å².